The van der Waals surface area contributed by atoms with E-state index in [9.17, 15) is 0 Å². The van der Waals surface area contributed by atoms with Gasteiger partial charge in [-0.25, -0.2) is 0 Å². The fourth-order valence-corrected chi connectivity index (χ4v) is 1.85. The Balaban J connectivity index is 3.20. The predicted octanol–water partition coefficient (Wildman–Crippen LogP) is 4.78. The highest BCUT2D eigenvalue weighted by atomic mass is 16.5. The van der Waals surface area contributed by atoms with Crippen molar-refractivity contribution in [2.45, 2.75) is 66.4 Å². The zero-order chi connectivity index (χ0) is 13.4. The van der Waals surface area contributed by atoms with E-state index in [2.05, 4.69) is 67.5 Å². The number of benzene rings is 1. The van der Waals surface area contributed by atoms with Gasteiger partial charge in [0.1, 0.15) is 11.4 Å². The van der Waals surface area contributed by atoms with Gasteiger partial charge in [0.2, 0.25) is 0 Å². The van der Waals surface area contributed by atoms with Crippen molar-refractivity contribution in [3.8, 4) is 5.75 Å². The van der Waals surface area contributed by atoms with E-state index in [4.69, 9.17) is 4.74 Å². The first-order valence-electron chi connectivity index (χ1n) is 6.31. The topological polar surface area (TPSA) is 9.23 Å². The van der Waals surface area contributed by atoms with Crippen molar-refractivity contribution in [2.24, 2.45) is 0 Å². The van der Waals surface area contributed by atoms with Gasteiger partial charge < -0.3 is 4.74 Å². The van der Waals surface area contributed by atoms with Gasteiger partial charge in [-0.2, -0.15) is 0 Å². The molecule has 0 N–H and O–H groups in total. The molecular formula is C16H26O. The van der Waals surface area contributed by atoms with E-state index in [1.807, 2.05) is 0 Å². The van der Waals surface area contributed by atoms with Gasteiger partial charge in [-0.3, -0.25) is 0 Å². The van der Waals surface area contributed by atoms with E-state index in [-0.39, 0.29) is 11.0 Å². The van der Waals surface area contributed by atoms with Crippen LogP contribution in [-0.4, -0.2) is 5.60 Å². The summed E-state index contributed by atoms with van der Waals surface area (Å²) in [4.78, 5) is 0. The van der Waals surface area contributed by atoms with Crippen LogP contribution in [0, 0.1) is 13.8 Å². The van der Waals surface area contributed by atoms with Crippen molar-refractivity contribution in [2.75, 3.05) is 0 Å². The van der Waals surface area contributed by atoms with E-state index in [1.165, 1.54) is 16.7 Å². The fourth-order valence-electron chi connectivity index (χ4n) is 1.85. The lowest BCUT2D eigenvalue weighted by molar-refractivity contribution is 0.128. The van der Waals surface area contributed by atoms with Crippen molar-refractivity contribution in [3.05, 3.63) is 28.8 Å². The SMILES string of the molecule is Cc1cc(C(C)(C)C)cc(C)c1OC(C)(C)C. The molecule has 1 rings (SSSR count). The van der Waals surface area contributed by atoms with Crippen molar-refractivity contribution < 1.29 is 4.74 Å². The summed E-state index contributed by atoms with van der Waals surface area (Å²) in [5.74, 6) is 1.03. The fraction of sp³-hybridized carbons (Fsp3) is 0.625. The number of ether oxygens (including phenoxy) is 1. The number of aryl methyl sites for hydroxylation is 2. The number of hydrogen-bond acceptors (Lipinski definition) is 1. The van der Waals surface area contributed by atoms with Crippen LogP contribution >= 0.6 is 0 Å². The molecular weight excluding hydrogens is 208 g/mol. The van der Waals surface area contributed by atoms with Crippen LogP contribution in [0.25, 0.3) is 0 Å². The molecule has 17 heavy (non-hydrogen) atoms. The average Bonchev–Trinajstić information content (AvgIpc) is 2.07. The normalized spacial score (nSPS) is 12.7. The molecule has 0 aromatic heterocycles. The van der Waals surface area contributed by atoms with Crippen LogP contribution in [0.3, 0.4) is 0 Å². The van der Waals surface area contributed by atoms with Gasteiger partial charge in [-0.05, 0) is 56.7 Å². The summed E-state index contributed by atoms with van der Waals surface area (Å²) < 4.78 is 6.03. The zero-order valence-electron chi connectivity index (χ0n) is 12.6. The van der Waals surface area contributed by atoms with Gasteiger partial charge in [0.25, 0.3) is 0 Å². The highest BCUT2D eigenvalue weighted by Crippen LogP contribution is 2.32. The van der Waals surface area contributed by atoms with Crippen molar-refractivity contribution in [1.29, 1.82) is 0 Å². The molecule has 0 radical (unpaired) electrons. The molecule has 0 atom stereocenters. The summed E-state index contributed by atoms with van der Waals surface area (Å²) in [5.41, 5.74) is 3.87. The molecule has 1 heteroatoms. The Bertz CT molecular complexity index is 380. The van der Waals surface area contributed by atoms with E-state index >= 15 is 0 Å². The second kappa shape index (κ2) is 4.36. The molecule has 0 fully saturated rings. The molecule has 0 spiro atoms. The molecule has 1 nitrogen and oxygen atoms in total. The van der Waals surface area contributed by atoms with Crippen LogP contribution < -0.4 is 4.74 Å². The number of hydrogen-bond donors (Lipinski definition) is 0. The molecule has 0 heterocycles. The Morgan fingerprint density at radius 2 is 1.24 bits per heavy atom. The van der Waals surface area contributed by atoms with Gasteiger partial charge in [-0.15, -0.1) is 0 Å². The van der Waals surface area contributed by atoms with E-state index in [0.29, 0.717) is 0 Å². The summed E-state index contributed by atoms with van der Waals surface area (Å²) >= 11 is 0. The summed E-state index contributed by atoms with van der Waals surface area (Å²) in [7, 11) is 0. The first-order valence-corrected chi connectivity index (χ1v) is 6.31. The van der Waals surface area contributed by atoms with Crippen LogP contribution in [0.4, 0.5) is 0 Å². The molecule has 0 unspecified atom stereocenters. The van der Waals surface area contributed by atoms with Gasteiger partial charge in [-0.1, -0.05) is 32.9 Å². The monoisotopic (exact) mass is 234 g/mol. The summed E-state index contributed by atoms with van der Waals surface area (Å²) in [6, 6.07) is 4.49. The number of rotatable bonds is 1. The minimum atomic E-state index is -0.140. The molecule has 0 saturated heterocycles. The largest absolute Gasteiger partial charge is 0.488 e. The molecule has 0 bridgehead atoms. The lowest BCUT2D eigenvalue weighted by Gasteiger charge is -2.27. The average molecular weight is 234 g/mol. The molecule has 0 aliphatic rings. The van der Waals surface area contributed by atoms with Gasteiger partial charge in [0, 0.05) is 0 Å². The Kier molecular flexibility index (Phi) is 3.61. The first-order chi connectivity index (χ1) is 7.50. The smallest absolute Gasteiger partial charge is 0.125 e. The molecule has 96 valence electrons. The third-order valence-electron chi connectivity index (χ3n) is 2.73. The lowest BCUT2D eigenvalue weighted by atomic mass is 9.85. The minimum absolute atomic E-state index is 0.140. The van der Waals surface area contributed by atoms with Crippen LogP contribution in [0.1, 0.15) is 58.2 Å². The maximum absolute atomic E-state index is 6.03. The van der Waals surface area contributed by atoms with Gasteiger partial charge in [0.05, 0.1) is 0 Å². The highest BCUT2D eigenvalue weighted by Gasteiger charge is 2.19. The second-order valence-corrected chi connectivity index (χ2v) is 6.90. The van der Waals surface area contributed by atoms with Crippen molar-refractivity contribution in [3.63, 3.8) is 0 Å². The summed E-state index contributed by atoms with van der Waals surface area (Å²) in [6.45, 7) is 17.2. The predicted molar refractivity (Wildman–Crippen MR) is 75.0 cm³/mol. The third-order valence-corrected chi connectivity index (χ3v) is 2.73. The van der Waals surface area contributed by atoms with Gasteiger partial charge in [0.15, 0.2) is 0 Å². The second-order valence-electron chi connectivity index (χ2n) is 6.90. The Labute approximate surface area is 106 Å². The maximum atomic E-state index is 6.03. The standard InChI is InChI=1S/C16H26O/c1-11-9-13(15(3,4)5)10-12(2)14(11)17-16(6,7)8/h9-10H,1-8H3. The Morgan fingerprint density at radius 1 is 0.824 bits per heavy atom. The first kappa shape index (κ1) is 14.1. The summed E-state index contributed by atoms with van der Waals surface area (Å²) in [6.07, 6.45) is 0. The molecule has 0 aliphatic heterocycles. The highest BCUT2D eigenvalue weighted by molar-refractivity contribution is 5.45. The van der Waals surface area contributed by atoms with E-state index in [1.54, 1.807) is 0 Å². The molecule has 1 aromatic carbocycles. The van der Waals surface area contributed by atoms with Crippen molar-refractivity contribution in [1.82, 2.24) is 0 Å². The Morgan fingerprint density at radius 3 is 1.53 bits per heavy atom. The molecule has 0 amide bonds. The lowest BCUT2D eigenvalue weighted by Crippen LogP contribution is -2.24. The zero-order valence-corrected chi connectivity index (χ0v) is 12.6. The van der Waals surface area contributed by atoms with E-state index < -0.39 is 0 Å². The van der Waals surface area contributed by atoms with Crippen molar-refractivity contribution >= 4 is 0 Å². The minimum Gasteiger partial charge on any atom is -0.488 e. The Hall–Kier alpha value is -0.980. The van der Waals surface area contributed by atoms with Crippen LogP contribution in [-0.2, 0) is 5.41 Å². The van der Waals surface area contributed by atoms with Crippen LogP contribution in [0.2, 0.25) is 0 Å². The third kappa shape index (κ3) is 3.76. The van der Waals surface area contributed by atoms with Crippen LogP contribution in [0.15, 0.2) is 12.1 Å². The maximum Gasteiger partial charge on any atom is 0.125 e. The molecule has 0 saturated carbocycles. The van der Waals surface area contributed by atoms with Crippen LogP contribution in [0.5, 0.6) is 5.75 Å². The van der Waals surface area contributed by atoms with Gasteiger partial charge >= 0.3 is 0 Å². The molecule has 0 aliphatic carbocycles. The quantitative estimate of drug-likeness (QED) is 0.679. The molecule has 1 aromatic rings. The van der Waals surface area contributed by atoms with E-state index in [0.717, 1.165) is 5.75 Å². The summed E-state index contributed by atoms with van der Waals surface area (Å²) in [5, 5.41) is 0.